The van der Waals surface area contributed by atoms with Gasteiger partial charge < -0.3 is 10.6 Å². The fourth-order valence-corrected chi connectivity index (χ4v) is 2.79. The van der Waals surface area contributed by atoms with Gasteiger partial charge >= 0.3 is 0 Å². The lowest BCUT2D eigenvalue weighted by Crippen LogP contribution is -2.30. The zero-order valence-corrected chi connectivity index (χ0v) is 16.2. The van der Waals surface area contributed by atoms with E-state index in [9.17, 15) is 18.4 Å². The molecule has 0 saturated carbocycles. The quantitative estimate of drug-likeness (QED) is 0.685. The van der Waals surface area contributed by atoms with Crippen molar-refractivity contribution in [3.05, 3.63) is 81.3 Å². The zero-order valence-electron chi connectivity index (χ0n) is 16.2. The zero-order chi connectivity index (χ0) is 21.1. The highest BCUT2D eigenvalue weighted by Crippen LogP contribution is 2.18. The van der Waals surface area contributed by atoms with Crippen molar-refractivity contribution in [3.63, 3.8) is 0 Å². The minimum absolute atomic E-state index is 0.0377. The maximum Gasteiger partial charge on any atom is 0.255 e. The highest BCUT2D eigenvalue weighted by atomic mass is 19.1. The molecular weight excluding hydrogens is 378 g/mol. The molecule has 2 aromatic carbocycles. The molecule has 3 aromatic rings. The van der Waals surface area contributed by atoms with Gasteiger partial charge in [-0.1, -0.05) is 6.07 Å². The molecule has 2 N–H and O–H groups in total. The molecule has 3 rings (SSSR count). The molecule has 0 atom stereocenters. The van der Waals surface area contributed by atoms with Crippen LogP contribution in [0.15, 0.2) is 47.3 Å². The number of anilines is 3. The number of carbonyl (C=O) groups excluding carboxylic acids is 1. The first-order valence-corrected chi connectivity index (χ1v) is 8.90. The van der Waals surface area contributed by atoms with Crippen LogP contribution in [0.2, 0.25) is 0 Å². The molecule has 150 valence electrons. The summed E-state index contributed by atoms with van der Waals surface area (Å²) in [4.78, 5) is 29.1. The molecular formula is C21H20F2N4O2. The van der Waals surface area contributed by atoms with Crippen molar-refractivity contribution < 1.29 is 13.6 Å². The van der Waals surface area contributed by atoms with Gasteiger partial charge in [0, 0.05) is 29.2 Å². The number of nitrogens with zero attached hydrogens (tertiary/aromatic N) is 2. The average Bonchev–Trinajstić information content (AvgIpc) is 2.60. The predicted molar refractivity (Wildman–Crippen MR) is 107 cm³/mol. The van der Waals surface area contributed by atoms with Crippen molar-refractivity contribution in [2.24, 2.45) is 0 Å². The third kappa shape index (κ3) is 5.04. The van der Waals surface area contributed by atoms with Crippen LogP contribution in [-0.2, 0) is 11.3 Å². The number of amides is 1. The second-order valence-electron chi connectivity index (χ2n) is 6.78. The van der Waals surface area contributed by atoms with Crippen LogP contribution >= 0.6 is 0 Å². The summed E-state index contributed by atoms with van der Waals surface area (Å²) in [7, 11) is 0. The molecule has 0 bridgehead atoms. The molecule has 29 heavy (non-hydrogen) atoms. The van der Waals surface area contributed by atoms with Crippen LogP contribution < -0.4 is 16.2 Å². The molecule has 0 unspecified atom stereocenters. The van der Waals surface area contributed by atoms with Crippen LogP contribution in [0.3, 0.4) is 0 Å². The summed E-state index contributed by atoms with van der Waals surface area (Å²) in [5, 5.41) is 5.45. The van der Waals surface area contributed by atoms with Gasteiger partial charge in [0.1, 0.15) is 18.2 Å². The van der Waals surface area contributed by atoms with Gasteiger partial charge in [-0.05, 0) is 56.2 Å². The monoisotopic (exact) mass is 398 g/mol. The molecule has 0 aliphatic heterocycles. The van der Waals surface area contributed by atoms with Crippen molar-refractivity contribution in [1.29, 1.82) is 0 Å². The molecule has 1 amide bonds. The largest absolute Gasteiger partial charge is 0.326 e. The molecule has 0 aliphatic carbocycles. The Balaban J connectivity index is 1.87. The fraction of sp³-hybridized carbons (Fsp3) is 0.190. The summed E-state index contributed by atoms with van der Waals surface area (Å²) in [5.41, 5.74) is 2.92. The Hall–Kier alpha value is -3.55. The molecule has 0 fully saturated rings. The van der Waals surface area contributed by atoms with Crippen molar-refractivity contribution >= 4 is 23.2 Å². The molecule has 0 aliphatic rings. The Bertz CT molecular complexity index is 1120. The summed E-state index contributed by atoms with van der Waals surface area (Å²) in [6.07, 6.45) is 0. The summed E-state index contributed by atoms with van der Waals surface area (Å²) >= 11 is 0. The van der Waals surface area contributed by atoms with E-state index >= 15 is 0 Å². The van der Waals surface area contributed by atoms with Crippen LogP contribution in [0.1, 0.15) is 16.8 Å². The van der Waals surface area contributed by atoms with E-state index in [2.05, 4.69) is 15.6 Å². The van der Waals surface area contributed by atoms with Crippen LogP contribution in [-0.4, -0.2) is 15.5 Å². The predicted octanol–water partition coefficient (Wildman–Crippen LogP) is 3.83. The average molecular weight is 398 g/mol. The first kappa shape index (κ1) is 20.2. The van der Waals surface area contributed by atoms with Crippen molar-refractivity contribution in [3.8, 4) is 0 Å². The Morgan fingerprint density at radius 1 is 0.966 bits per heavy atom. The number of carbonyl (C=O) groups is 1. The van der Waals surface area contributed by atoms with Gasteiger partial charge in [0.25, 0.3) is 5.56 Å². The van der Waals surface area contributed by atoms with Gasteiger partial charge in [0.05, 0.1) is 0 Å². The van der Waals surface area contributed by atoms with Gasteiger partial charge in [-0.2, -0.15) is 0 Å². The number of hydrogen-bond acceptors (Lipinski definition) is 4. The second kappa shape index (κ2) is 8.22. The molecule has 6 nitrogen and oxygen atoms in total. The molecule has 0 spiro atoms. The highest BCUT2D eigenvalue weighted by molar-refractivity contribution is 5.90. The lowest BCUT2D eigenvalue weighted by Gasteiger charge is -2.15. The van der Waals surface area contributed by atoms with Gasteiger partial charge in [-0.15, -0.1) is 0 Å². The number of hydrogen-bond donors (Lipinski definition) is 2. The van der Waals surface area contributed by atoms with Crippen molar-refractivity contribution in [2.45, 2.75) is 27.3 Å². The maximum absolute atomic E-state index is 13.3. The first-order chi connectivity index (χ1) is 13.7. The lowest BCUT2D eigenvalue weighted by atomic mass is 10.1. The minimum atomic E-state index is -0.813. The Kier molecular flexibility index (Phi) is 5.72. The van der Waals surface area contributed by atoms with E-state index in [1.165, 1.54) is 6.07 Å². The first-order valence-electron chi connectivity index (χ1n) is 8.90. The van der Waals surface area contributed by atoms with E-state index in [-0.39, 0.29) is 18.2 Å². The third-order valence-corrected chi connectivity index (χ3v) is 4.35. The molecule has 0 radical (unpaired) electrons. The number of benzene rings is 2. The third-order valence-electron chi connectivity index (χ3n) is 4.35. The van der Waals surface area contributed by atoms with Crippen LogP contribution in [0.25, 0.3) is 0 Å². The van der Waals surface area contributed by atoms with E-state index in [0.29, 0.717) is 17.4 Å². The van der Waals surface area contributed by atoms with Gasteiger partial charge in [0.2, 0.25) is 11.9 Å². The van der Waals surface area contributed by atoms with E-state index in [4.69, 9.17) is 0 Å². The summed E-state index contributed by atoms with van der Waals surface area (Å²) in [6.45, 7) is 5.24. The number of nitrogens with one attached hydrogen (secondary N) is 2. The number of rotatable bonds is 5. The van der Waals surface area contributed by atoms with Gasteiger partial charge in [-0.25, -0.2) is 13.8 Å². The maximum atomic E-state index is 13.3. The topological polar surface area (TPSA) is 76.0 Å². The van der Waals surface area contributed by atoms with E-state index in [1.54, 1.807) is 6.92 Å². The fourth-order valence-electron chi connectivity index (χ4n) is 2.79. The van der Waals surface area contributed by atoms with E-state index in [0.717, 1.165) is 27.8 Å². The Morgan fingerprint density at radius 2 is 1.66 bits per heavy atom. The second-order valence-corrected chi connectivity index (χ2v) is 6.78. The normalized spacial score (nSPS) is 10.7. The van der Waals surface area contributed by atoms with Crippen LogP contribution in [0.4, 0.5) is 26.1 Å². The number of aryl methyl sites for hydroxylation is 3. The van der Waals surface area contributed by atoms with Gasteiger partial charge in [0.15, 0.2) is 0 Å². The SMILES string of the molecule is Cc1cc(=O)n(CC(=O)Nc2cc(F)cc(F)c2)c(Nc2ccc(C)c(C)c2)n1. The number of halogens is 2. The van der Waals surface area contributed by atoms with Crippen molar-refractivity contribution in [1.82, 2.24) is 9.55 Å². The minimum Gasteiger partial charge on any atom is -0.326 e. The van der Waals surface area contributed by atoms with Gasteiger partial charge in [-0.3, -0.25) is 14.2 Å². The Labute approximate surface area is 166 Å². The lowest BCUT2D eigenvalue weighted by molar-refractivity contribution is -0.116. The summed E-state index contributed by atoms with van der Waals surface area (Å²) in [5.74, 6) is -2.05. The van der Waals surface area contributed by atoms with Crippen LogP contribution in [0, 0.1) is 32.4 Å². The standard InChI is InChI=1S/C21H20F2N4O2/c1-12-4-5-17(6-13(12)2)26-21-24-14(3)7-20(29)27(21)11-19(28)25-18-9-15(22)8-16(23)10-18/h4-10H,11H2,1-3H3,(H,24,26)(H,25,28). The van der Waals surface area contributed by atoms with E-state index in [1.807, 2.05) is 32.0 Å². The van der Waals surface area contributed by atoms with Crippen LogP contribution in [0.5, 0.6) is 0 Å². The molecule has 1 aromatic heterocycles. The molecule has 1 heterocycles. The summed E-state index contributed by atoms with van der Waals surface area (Å²) < 4.78 is 27.8. The highest BCUT2D eigenvalue weighted by Gasteiger charge is 2.13. The van der Waals surface area contributed by atoms with E-state index < -0.39 is 23.1 Å². The van der Waals surface area contributed by atoms with Crippen molar-refractivity contribution in [2.75, 3.05) is 10.6 Å². The smallest absolute Gasteiger partial charge is 0.255 e. The molecule has 8 heteroatoms. The summed E-state index contributed by atoms with van der Waals surface area (Å²) in [6, 6.07) is 9.68. The number of aromatic nitrogens is 2. The molecule has 0 saturated heterocycles. The Morgan fingerprint density at radius 3 is 2.31 bits per heavy atom.